The summed E-state index contributed by atoms with van der Waals surface area (Å²) in [5.41, 5.74) is 0.234. The van der Waals surface area contributed by atoms with Crippen molar-refractivity contribution in [2.24, 2.45) is 0 Å². The molecule has 8 nitrogen and oxygen atoms in total. The molecule has 0 aromatic heterocycles. The van der Waals surface area contributed by atoms with Crippen molar-refractivity contribution in [1.29, 1.82) is 0 Å². The van der Waals surface area contributed by atoms with Crippen LogP contribution in [-0.4, -0.2) is 59.7 Å². The second-order valence-electron chi connectivity index (χ2n) is 10.2. The molecule has 0 aliphatic carbocycles. The summed E-state index contributed by atoms with van der Waals surface area (Å²) in [6.07, 6.45) is 9.15. The Kier molecular flexibility index (Phi) is 9.16. The van der Waals surface area contributed by atoms with Gasteiger partial charge in [-0.25, -0.2) is 4.79 Å². The molecule has 3 amide bonds. The van der Waals surface area contributed by atoms with Gasteiger partial charge in [-0.2, -0.15) is 0 Å². The number of amides is 3. The van der Waals surface area contributed by atoms with Gasteiger partial charge in [0.05, 0.1) is 12.6 Å². The second kappa shape index (κ2) is 12.1. The van der Waals surface area contributed by atoms with Crippen LogP contribution in [0.1, 0.15) is 70.9 Å². The summed E-state index contributed by atoms with van der Waals surface area (Å²) in [5.74, 6) is 1.99. The van der Waals surface area contributed by atoms with Crippen molar-refractivity contribution in [2.45, 2.75) is 89.1 Å². The molecule has 0 bridgehead atoms. The van der Waals surface area contributed by atoms with Crippen molar-refractivity contribution in [3.8, 4) is 12.3 Å². The molecule has 0 saturated carbocycles. The van der Waals surface area contributed by atoms with Gasteiger partial charge < -0.3 is 25.0 Å². The number of rotatable bonds is 7. The van der Waals surface area contributed by atoms with E-state index in [1.165, 1.54) is 0 Å². The molecule has 0 unspecified atom stereocenters. The zero-order chi connectivity index (χ0) is 25.4. The second-order valence-corrected chi connectivity index (χ2v) is 10.2. The third-order valence-electron chi connectivity index (χ3n) is 6.32. The van der Waals surface area contributed by atoms with Gasteiger partial charge in [-0.05, 0) is 52.0 Å². The molecule has 3 rings (SSSR count). The van der Waals surface area contributed by atoms with E-state index in [2.05, 4.69) is 16.6 Å². The quantitative estimate of drug-likeness (QED) is 0.458. The summed E-state index contributed by atoms with van der Waals surface area (Å²) in [7, 11) is 0. The maximum Gasteiger partial charge on any atom is 0.408 e. The predicted molar refractivity (Wildman–Crippen MR) is 132 cm³/mol. The summed E-state index contributed by atoms with van der Waals surface area (Å²) >= 11 is 0. The van der Waals surface area contributed by atoms with Crippen molar-refractivity contribution in [3.63, 3.8) is 0 Å². The smallest absolute Gasteiger partial charge is 0.408 e. The van der Waals surface area contributed by atoms with Crippen LogP contribution in [0.15, 0.2) is 30.3 Å². The highest BCUT2D eigenvalue weighted by Gasteiger charge is 2.44. The molecule has 35 heavy (non-hydrogen) atoms. The maximum atomic E-state index is 13.6. The van der Waals surface area contributed by atoms with Crippen LogP contribution in [0.4, 0.5) is 4.79 Å². The number of nitrogens with zero attached hydrogens (tertiary/aromatic N) is 1. The van der Waals surface area contributed by atoms with Crippen molar-refractivity contribution < 1.29 is 23.9 Å². The number of hydrogen-bond donors (Lipinski definition) is 2. The molecule has 8 heteroatoms. The van der Waals surface area contributed by atoms with Crippen LogP contribution in [0.2, 0.25) is 0 Å². The first-order chi connectivity index (χ1) is 16.7. The van der Waals surface area contributed by atoms with Gasteiger partial charge in [-0.1, -0.05) is 49.1 Å². The predicted octanol–water partition coefficient (Wildman–Crippen LogP) is 3.32. The maximum absolute atomic E-state index is 13.6. The van der Waals surface area contributed by atoms with Crippen LogP contribution in [0.25, 0.3) is 0 Å². The molecule has 2 saturated heterocycles. The van der Waals surface area contributed by atoms with E-state index < -0.39 is 29.8 Å². The van der Waals surface area contributed by atoms with E-state index in [0.717, 1.165) is 31.2 Å². The largest absolute Gasteiger partial charge is 0.444 e. The highest BCUT2D eigenvalue weighted by molar-refractivity contribution is 5.92. The van der Waals surface area contributed by atoms with Gasteiger partial charge in [0.15, 0.2) is 0 Å². The number of nitrogens with one attached hydrogen (secondary N) is 2. The van der Waals surface area contributed by atoms with E-state index >= 15 is 0 Å². The molecule has 0 spiro atoms. The number of benzene rings is 1. The third kappa shape index (κ3) is 7.46. The minimum absolute atomic E-state index is 0.0191. The molecule has 2 heterocycles. The van der Waals surface area contributed by atoms with Crippen molar-refractivity contribution in [3.05, 3.63) is 35.9 Å². The van der Waals surface area contributed by atoms with E-state index in [-0.39, 0.29) is 31.1 Å². The number of carbonyl (C=O) groups is 3. The zero-order valence-corrected chi connectivity index (χ0v) is 20.9. The summed E-state index contributed by atoms with van der Waals surface area (Å²) < 4.78 is 10.9. The Morgan fingerprint density at radius 3 is 2.54 bits per heavy atom. The van der Waals surface area contributed by atoms with Crippen LogP contribution in [0.3, 0.4) is 0 Å². The first kappa shape index (κ1) is 26.6. The SMILES string of the molecule is C#CCOC[C@@H](NC(=O)[C@@H]1CC[C@@H]2CCCC[C@H](NC(=O)OC(C)(C)C)C(=O)N21)c1ccccc1. The molecule has 190 valence electrons. The third-order valence-corrected chi connectivity index (χ3v) is 6.32. The van der Waals surface area contributed by atoms with Gasteiger partial charge in [-0.3, -0.25) is 9.59 Å². The fourth-order valence-corrected chi connectivity index (χ4v) is 4.78. The Morgan fingerprint density at radius 1 is 1.14 bits per heavy atom. The lowest BCUT2D eigenvalue weighted by atomic mass is 9.99. The van der Waals surface area contributed by atoms with E-state index in [9.17, 15) is 14.4 Å². The average Bonchev–Trinajstić information content (AvgIpc) is 3.22. The minimum atomic E-state index is -0.718. The van der Waals surface area contributed by atoms with Gasteiger partial charge in [0.25, 0.3) is 0 Å². The van der Waals surface area contributed by atoms with Crippen molar-refractivity contribution in [1.82, 2.24) is 15.5 Å². The highest BCUT2D eigenvalue weighted by atomic mass is 16.6. The fraction of sp³-hybridized carbons (Fsp3) is 0.593. The van der Waals surface area contributed by atoms with E-state index in [4.69, 9.17) is 15.9 Å². The van der Waals surface area contributed by atoms with Gasteiger partial charge >= 0.3 is 6.09 Å². The molecular weight excluding hydrogens is 446 g/mol. The number of hydrogen-bond acceptors (Lipinski definition) is 5. The van der Waals surface area contributed by atoms with Crippen LogP contribution >= 0.6 is 0 Å². The first-order valence-electron chi connectivity index (χ1n) is 12.4. The zero-order valence-electron chi connectivity index (χ0n) is 20.9. The van der Waals surface area contributed by atoms with Gasteiger partial charge in [0.1, 0.15) is 24.3 Å². The van der Waals surface area contributed by atoms with Crippen molar-refractivity contribution >= 4 is 17.9 Å². The molecular formula is C27H37N3O5. The lowest BCUT2D eigenvalue weighted by Crippen LogP contribution is -2.57. The number of carbonyl (C=O) groups excluding carboxylic acids is 3. The summed E-state index contributed by atoms with van der Waals surface area (Å²) in [4.78, 5) is 41.1. The van der Waals surface area contributed by atoms with E-state index in [1.807, 2.05) is 30.3 Å². The average molecular weight is 484 g/mol. The molecule has 4 atom stereocenters. The van der Waals surface area contributed by atoms with Crippen LogP contribution in [0.5, 0.6) is 0 Å². The molecule has 1 aromatic rings. The van der Waals surface area contributed by atoms with Gasteiger partial charge in [0, 0.05) is 6.04 Å². The van der Waals surface area contributed by atoms with Gasteiger partial charge in [-0.15, -0.1) is 6.42 Å². The topological polar surface area (TPSA) is 97.0 Å². The molecule has 2 N–H and O–H groups in total. The lowest BCUT2D eigenvalue weighted by molar-refractivity contribution is -0.143. The summed E-state index contributed by atoms with van der Waals surface area (Å²) in [6.45, 7) is 5.71. The Balaban J connectivity index is 1.74. The summed E-state index contributed by atoms with van der Waals surface area (Å²) in [6, 6.07) is 7.81. The highest BCUT2D eigenvalue weighted by Crippen LogP contribution is 2.32. The number of alkyl carbamates (subject to hydrolysis) is 1. The molecule has 0 radical (unpaired) electrons. The Hall–Kier alpha value is -3.05. The first-order valence-corrected chi connectivity index (χ1v) is 12.4. The van der Waals surface area contributed by atoms with Crippen LogP contribution < -0.4 is 10.6 Å². The van der Waals surface area contributed by atoms with E-state index in [1.54, 1.807) is 25.7 Å². The minimum Gasteiger partial charge on any atom is -0.444 e. The standard InChI is InChI=1S/C27H37N3O5/c1-5-17-34-18-22(19-11-7-6-8-12-19)28-24(31)23-16-15-20-13-9-10-14-21(25(32)30(20)23)29-26(33)35-27(2,3)4/h1,6-8,11-12,20-23H,9-10,13-18H2,2-4H3,(H,28,31)(H,29,33)/t20-,21-,22+,23-/m0/s1. The van der Waals surface area contributed by atoms with E-state index in [0.29, 0.717) is 12.8 Å². The normalized spacial score (nSPS) is 23.3. The molecule has 2 aliphatic rings. The van der Waals surface area contributed by atoms with Crippen LogP contribution in [0, 0.1) is 12.3 Å². The molecule has 2 fully saturated rings. The van der Waals surface area contributed by atoms with Gasteiger partial charge in [0.2, 0.25) is 11.8 Å². The Morgan fingerprint density at radius 2 is 1.86 bits per heavy atom. The molecule has 1 aromatic carbocycles. The fourth-order valence-electron chi connectivity index (χ4n) is 4.78. The number of ether oxygens (including phenoxy) is 2. The lowest BCUT2D eigenvalue weighted by Gasteiger charge is -2.35. The van der Waals surface area contributed by atoms with Crippen molar-refractivity contribution in [2.75, 3.05) is 13.2 Å². The van der Waals surface area contributed by atoms with Crippen LogP contribution in [-0.2, 0) is 19.1 Å². The number of fused-ring (bicyclic) bond motifs is 1. The monoisotopic (exact) mass is 483 g/mol. The summed E-state index contributed by atoms with van der Waals surface area (Å²) in [5, 5.41) is 5.82. The number of terminal acetylenes is 1. The Labute approximate surface area is 208 Å². The Bertz CT molecular complexity index is 921. The molecule has 2 aliphatic heterocycles.